The molecular weight excluding hydrogens is 1020 g/mol. The molecule has 0 spiro atoms. The lowest BCUT2D eigenvalue weighted by Gasteiger charge is -2.18. The van der Waals surface area contributed by atoms with Gasteiger partial charge in [0, 0.05) is 19.3 Å². The number of allylic oxidation sites excluding steroid dienone is 28. The average molecular weight is 1140 g/mol. The number of hydrogen-bond acceptors (Lipinski definition) is 6. The molecule has 466 valence electrons. The Balaban J connectivity index is 4.50. The predicted octanol–water partition coefficient (Wildman–Crippen LogP) is 23.4. The first-order valence-electron chi connectivity index (χ1n) is 33.6. The molecule has 0 radical (unpaired) electrons. The summed E-state index contributed by atoms with van der Waals surface area (Å²) in [7, 11) is 0. The van der Waals surface area contributed by atoms with Crippen LogP contribution in [0.2, 0.25) is 0 Å². The van der Waals surface area contributed by atoms with Crippen molar-refractivity contribution in [3.05, 3.63) is 170 Å². The van der Waals surface area contributed by atoms with Crippen LogP contribution in [0.1, 0.15) is 278 Å². The van der Waals surface area contributed by atoms with Crippen molar-refractivity contribution in [2.75, 3.05) is 13.2 Å². The molecular formula is C77H122O6. The molecule has 0 saturated carbocycles. The van der Waals surface area contributed by atoms with Gasteiger partial charge in [-0.1, -0.05) is 281 Å². The van der Waals surface area contributed by atoms with Crippen molar-refractivity contribution >= 4 is 17.9 Å². The molecule has 0 aromatic heterocycles. The second-order valence-electron chi connectivity index (χ2n) is 21.6. The lowest BCUT2D eigenvalue weighted by atomic mass is 10.1. The third kappa shape index (κ3) is 67.4. The van der Waals surface area contributed by atoms with Gasteiger partial charge in [-0.05, 0) is 148 Å². The Morgan fingerprint density at radius 1 is 0.241 bits per heavy atom. The molecule has 0 saturated heterocycles. The van der Waals surface area contributed by atoms with E-state index < -0.39 is 6.10 Å². The number of esters is 3. The summed E-state index contributed by atoms with van der Waals surface area (Å²) < 4.78 is 17.0. The lowest BCUT2D eigenvalue weighted by Crippen LogP contribution is -2.30. The van der Waals surface area contributed by atoms with Crippen LogP contribution in [-0.4, -0.2) is 37.2 Å². The van der Waals surface area contributed by atoms with Crippen LogP contribution in [-0.2, 0) is 28.6 Å². The standard InChI is InChI=1S/C77H122O6/c1-4-7-10-13-16-19-22-25-28-31-34-37-38-41-43-46-49-52-55-58-61-64-67-70-76(79)82-73-74(83-77(80)71-68-65-62-59-56-53-50-47-44-40-36-33-30-27-24-21-18-15-12-9-6-3)72-81-75(78)69-66-63-60-57-54-51-48-45-42-39-35-32-29-26-23-20-17-14-11-8-5-2/h7-12,16-21,25-30,34-37,39-41,43,47,50,74H,4-6,13-15,22-24,31-33,38,42,44-46,48-49,51-73H2,1-3H3/b10-7-,11-8-,12-9-,19-16-,20-17-,21-18-,28-25-,29-26-,30-27-,37-34-,39-35-,40-36-,43-41-,50-47-. The minimum Gasteiger partial charge on any atom is -0.462 e. The Kier molecular flexibility index (Phi) is 64.9. The van der Waals surface area contributed by atoms with Crippen LogP contribution in [0.4, 0.5) is 0 Å². The second-order valence-corrected chi connectivity index (χ2v) is 21.6. The first-order valence-corrected chi connectivity index (χ1v) is 33.6. The molecule has 6 nitrogen and oxygen atoms in total. The SMILES string of the molecule is CC/C=C\C/C=C\C/C=C\C/C=C\C/C=C\CCCCCCCCCC(=O)OCC(COC(=O)CCCCCCCCCC/C=C\C/C=C\C/C=C\C/C=C\CC)OC(=O)CCCCCCC/C=C\C/C=C\C/C=C\C/C=C\C/C=C\CC. The minimum atomic E-state index is -0.809. The monoisotopic (exact) mass is 1140 g/mol. The molecule has 0 rings (SSSR count). The van der Waals surface area contributed by atoms with Crippen LogP contribution in [0.25, 0.3) is 0 Å². The topological polar surface area (TPSA) is 78.9 Å². The molecule has 0 aliphatic heterocycles. The molecule has 0 bridgehead atoms. The molecule has 0 aliphatic rings. The van der Waals surface area contributed by atoms with Gasteiger partial charge in [-0.25, -0.2) is 0 Å². The Labute approximate surface area is 511 Å². The van der Waals surface area contributed by atoms with E-state index in [-0.39, 0.29) is 31.1 Å². The molecule has 83 heavy (non-hydrogen) atoms. The zero-order valence-electron chi connectivity index (χ0n) is 53.4. The van der Waals surface area contributed by atoms with Gasteiger partial charge in [-0.15, -0.1) is 0 Å². The van der Waals surface area contributed by atoms with Gasteiger partial charge < -0.3 is 14.2 Å². The molecule has 0 aromatic carbocycles. The third-order valence-corrected chi connectivity index (χ3v) is 13.7. The fourth-order valence-electron chi connectivity index (χ4n) is 8.78. The van der Waals surface area contributed by atoms with Gasteiger partial charge in [-0.3, -0.25) is 14.4 Å². The highest BCUT2D eigenvalue weighted by molar-refractivity contribution is 5.71. The van der Waals surface area contributed by atoms with Gasteiger partial charge in [0.15, 0.2) is 6.10 Å². The van der Waals surface area contributed by atoms with Gasteiger partial charge in [0.05, 0.1) is 0 Å². The fraction of sp³-hybridized carbons (Fsp3) is 0.597. The summed E-state index contributed by atoms with van der Waals surface area (Å²) in [6.45, 7) is 6.27. The largest absolute Gasteiger partial charge is 0.462 e. The van der Waals surface area contributed by atoms with E-state index >= 15 is 0 Å². The molecule has 0 aliphatic carbocycles. The zero-order chi connectivity index (χ0) is 59.9. The van der Waals surface area contributed by atoms with Crippen molar-refractivity contribution < 1.29 is 28.6 Å². The van der Waals surface area contributed by atoms with E-state index in [2.05, 4.69) is 191 Å². The minimum absolute atomic E-state index is 0.102. The number of carbonyl (C=O) groups excluding carboxylic acids is 3. The van der Waals surface area contributed by atoms with E-state index in [0.717, 1.165) is 180 Å². The van der Waals surface area contributed by atoms with Crippen LogP contribution >= 0.6 is 0 Å². The van der Waals surface area contributed by atoms with Gasteiger partial charge in [-0.2, -0.15) is 0 Å². The highest BCUT2D eigenvalue weighted by Crippen LogP contribution is 2.15. The number of unbranched alkanes of at least 4 members (excludes halogenated alkanes) is 20. The first-order chi connectivity index (χ1) is 41.0. The average Bonchev–Trinajstić information content (AvgIpc) is 3.49. The summed E-state index contributed by atoms with van der Waals surface area (Å²) >= 11 is 0. The second kappa shape index (κ2) is 69.3. The van der Waals surface area contributed by atoms with Crippen molar-refractivity contribution in [2.45, 2.75) is 284 Å². The summed E-state index contributed by atoms with van der Waals surface area (Å²) in [6, 6.07) is 0. The van der Waals surface area contributed by atoms with E-state index in [4.69, 9.17) is 14.2 Å². The van der Waals surface area contributed by atoms with Crippen LogP contribution in [0, 0.1) is 0 Å². The van der Waals surface area contributed by atoms with Crippen LogP contribution in [0.3, 0.4) is 0 Å². The molecule has 0 aromatic rings. The zero-order valence-corrected chi connectivity index (χ0v) is 53.4. The Morgan fingerprint density at radius 2 is 0.434 bits per heavy atom. The highest BCUT2D eigenvalue weighted by atomic mass is 16.6. The first kappa shape index (κ1) is 77.8. The van der Waals surface area contributed by atoms with Crippen LogP contribution in [0.15, 0.2) is 170 Å². The Bertz CT molecular complexity index is 1890. The summed E-state index contributed by atoms with van der Waals surface area (Å²) in [5.74, 6) is -0.940. The number of carbonyl (C=O) groups is 3. The lowest BCUT2D eigenvalue weighted by molar-refractivity contribution is -0.167. The molecule has 1 atom stereocenters. The van der Waals surface area contributed by atoms with Gasteiger partial charge in [0.1, 0.15) is 13.2 Å². The van der Waals surface area contributed by atoms with Crippen molar-refractivity contribution in [1.82, 2.24) is 0 Å². The Morgan fingerprint density at radius 3 is 0.675 bits per heavy atom. The van der Waals surface area contributed by atoms with E-state index in [1.54, 1.807) is 0 Å². The molecule has 0 fully saturated rings. The van der Waals surface area contributed by atoms with E-state index in [9.17, 15) is 14.4 Å². The maximum Gasteiger partial charge on any atom is 0.306 e. The maximum atomic E-state index is 13.0. The Hall–Kier alpha value is -5.23. The fourth-order valence-corrected chi connectivity index (χ4v) is 8.78. The van der Waals surface area contributed by atoms with Crippen molar-refractivity contribution in [3.8, 4) is 0 Å². The van der Waals surface area contributed by atoms with Crippen molar-refractivity contribution in [3.63, 3.8) is 0 Å². The number of hydrogen-bond donors (Lipinski definition) is 0. The normalized spacial score (nSPS) is 13.2. The van der Waals surface area contributed by atoms with E-state index in [0.29, 0.717) is 19.3 Å². The smallest absolute Gasteiger partial charge is 0.306 e. The summed E-state index contributed by atoms with van der Waals surface area (Å²) in [6.07, 6.45) is 102. The highest BCUT2D eigenvalue weighted by Gasteiger charge is 2.19. The van der Waals surface area contributed by atoms with E-state index in [1.165, 1.54) is 57.8 Å². The molecule has 1 unspecified atom stereocenters. The van der Waals surface area contributed by atoms with Crippen LogP contribution in [0.5, 0.6) is 0 Å². The van der Waals surface area contributed by atoms with Gasteiger partial charge in [0.25, 0.3) is 0 Å². The predicted molar refractivity (Wildman–Crippen MR) is 361 cm³/mol. The molecule has 0 amide bonds. The summed E-state index contributed by atoms with van der Waals surface area (Å²) in [5.41, 5.74) is 0. The molecule has 0 N–H and O–H groups in total. The maximum absolute atomic E-state index is 13.0. The summed E-state index contributed by atoms with van der Waals surface area (Å²) in [5, 5.41) is 0. The molecule has 0 heterocycles. The van der Waals surface area contributed by atoms with Crippen molar-refractivity contribution in [2.24, 2.45) is 0 Å². The number of rotatable bonds is 59. The van der Waals surface area contributed by atoms with E-state index in [1.807, 2.05) is 0 Å². The van der Waals surface area contributed by atoms with Gasteiger partial charge in [0.2, 0.25) is 0 Å². The van der Waals surface area contributed by atoms with Crippen molar-refractivity contribution in [1.29, 1.82) is 0 Å². The third-order valence-electron chi connectivity index (χ3n) is 13.7. The molecule has 6 heteroatoms. The van der Waals surface area contributed by atoms with Crippen LogP contribution < -0.4 is 0 Å². The summed E-state index contributed by atoms with van der Waals surface area (Å²) in [4.78, 5) is 38.5. The number of ether oxygens (including phenoxy) is 3. The quantitative estimate of drug-likeness (QED) is 0.0261. The van der Waals surface area contributed by atoms with Gasteiger partial charge >= 0.3 is 17.9 Å².